The first kappa shape index (κ1) is 14.5. The van der Waals surface area contributed by atoms with Crippen molar-refractivity contribution in [2.45, 2.75) is 19.2 Å². The van der Waals surface area contributed by atoms with E-state index in [1.54, 1.807) is 11.8 Å². The number of anilines is 1. The SMILES string of the molecule is Cc1ccc(N2C(=O)CS[C@H]2c2ccc(Cl)cc2)cc1C. The summed E-state index contributed by atoms with van der Waals surface area (Å²) in [5.74, 6) is 0.670. The first-order chi connectivity index (χ1) is 10.1. The largest absolute Gasteiger partial charge is 0.295 e. The van der Waals surface area contributed by atoms with Crippen molar-refractivity contribution in [2.24, 2.45) is 0 Å². The lowest BCUT2D eigenvalue weighted by atomic mass is 10.1. The number of hydrogen-bond acceptors (Lipinski definition) is 2. The van der Waals surface area contributed by atoms with Crippen LogP contribution in [0.1, 0.15) is 22.1 Å². The monoisotopic (exact) mass is 317 g/mol. The molecule has 1 amide bonds. The molecule has 0 bridgehead atoms. The normalized spacial score (nSPS) is 18.3. The van der Waals surface area contributed by atoms with Crippen LogP contribution in [-0.2, 0) is 4.79 Å². The number of rotatable bonds is 2. The number of aryl methyl sites for hydroxylation is 2. The second kappa shape index (κ2) is 5.74. The van der Waals surface area contributed by atoms with Crippen molar-refractivity contribution in [1.82, 2.24) is 0 Å². The zero-order valence-corrected chi connectivity index (χ0v) is 13.5. The number of nitrogens with zero attached hydrogens (tertiary/aromatic N) is 1. The van der Waals surface area contributed by atoms with E-state index >= 15 is 0 Å². The van der Waals surface area contributed by atoms with Gasteiger partial charge in [0.1, 0.15) is 5.37 Å². The van der Waals surface area contributed by atoms with Gasteiger partial charge in [-0.25, -0.2) is 0 Å². The lowest BCUT2D eigenvalue weighted by molar-refractivity contribution is -0.115. The highest BCUT2D eigenvalue weighted by atomic mass is 35.5. The summed E-state index contributed by atoms with van der Waals surface area (Å²) < 4.78 is 0. The van der Waals surface area contributed by atoms with Gasteiger partial charge in [0, 0.05) is 10.7 Å². The van der Waals surface area contributed by atoms with E-state index in [0.29, 0.717) is 10.8 Å². The number of halogens is 1. The number of hydrogen-bond donors (Lipinski definition) is 0. The quantitative estimate of drug-likeness (QED) is 0.797. The van der Waals surface area contributed by atoms with Gasteiger partial charge in [-0.1, -0.05) is 29.8 Å². The molecule has 1 fully saturated rings. The standard InChI is InChI=1S/C17H16ClNOS/c1-11-3-8-15(9-12(11)2)19-16(20)10-21-17(19)13-4-6-14(18)7-5-13/h3-9,17H,10H2,1-2H3/t17-/m0/s1. The van der Waals surface area contributed by atoms with Gasteiger partial charge in [-0.2, -0.15) is 0 Å². The molecular formula is C17H16ClNOS. The first-order valence-corrected chi connectivity index (χ1v) is 8.25. The van der Waals surface area contributed by atoms with Crippen LogP contribution >= 0.6 is 23.4 Å². The molecule has 0 radical (unpaired) electrons. The van der Waals surface area contributed by atoms with E-state index in [2.05, 4.69) is 26.0 Å². The van der Waals surface area contributed by atoms with Crippen molar-refractivity contribution in [3.8, 4) is 0 Å². The Morgan fingerprint density at radius 3 is 2.48 bits per heavy atom. The van der Waals surface area contributed by atoms with Crippen LogP contribution < -0.4 is 4.90 Å². The molecule has 1 atom stereocenters. The molecule has 2 aromatic rings. The number of amides is 1. The molecule has 0 N–H and O–H groups in total. The van der Waals surface area contributed by atoms with Crippen LogP contribution in [0.15, 0.2) is 42.5 Å². The minimum absolute atomic E-state index is 0.0249. The number of carbonyl (C=O) groups excluding carboxylic acids is 1. The Morgan fingerprint density at radius 1 is 1.10 bits per heavy atom. The van der Waals surface area contributed by atoms with Crippen LogP contribution in [-0.4, -0.2) is 11.7 Å². The molecule has 108 valence electrons. The summed E-state index contributed by atoms with van der Waals surface area (Å²) >= 11 is 7.61. The molecule has 0 aliphatic carbocycles. The third-order valence-electron chi connectivity index (χ3n) is 3.79. The Morgan fingerprint density at radius 2 is 1.81 bits per heavy atom. The van der Waals surface area contributed by atoms with E-state index in [4.69, 9.17) is 11.6 Å². The molecule has 3 rings (SSSR count). The Labute approximate surface area is 134 Å². The molecule has 2 nitrogen and oxygen atoms in total. The number of benzene rings is 2. The average Bonchev–Trinajstić information content (AvgIpc) is 2.85. The minimum atomic E-state index is 0.0249. The van der Waals surface area contributed by atoms with Gasteiger partial charge in [0.15, 0.2) is 0 Å². The van der Waals surface area contributed by atoms with Crippen LogP contribution in [0, 0.1) is 13.8 Å². The van der Waals surface area contributed by atoms with E-state index in [1.165, 1.54) is 11.1 Å². The van der Waals surface area contributed by atoms with Gasteiger partial charge < -0.3 is 0 Å². The molecule has 4 heteroatoms. The fourth-order valence-corrected chi connectivity index (χ4v) is 3.76. The predicted octanol–water partition coefficient (Wildman–Crippen LogP) is 4.74. The minimum Gasteiger partial charge on any atom is -0.295 e. The van der Waals surface area contributed by atoms with Gasteiger partial charge in [-0.3, -0.25) is 9.69 Å². The summed E-state index contributed by atoms with van der Waals surface area (Å²) in [6.45, 7) is 4.15. The van der Waals surface area contributed by atoms with E-state index in [0.717, 1.165) is 11.3 Å². The van der Waals surface area contributed by atoms with Crippen molar-refractivity contribution < 1.29 is 4.79 Å². The summed E-state index contributed by atoms with van der Waals surface area (Å²) in [5, 5.41) is 0.739. The molecule has 1 heterocycles. The fourth-order valence-electron chi connectivity index (χ4n) is 2.45. The maximum Gasteiger partial charge on any atom is 0.238 e. The molecule has 1 aliphatic heterocycles. The van der Waals surface area contributed by atoms with Crippen LogP contribution in [0.3, 0.4) is 0 Å². The first-order valence-electron chi connectivity index (χ1n) is 6.82. The second-order valence-corrected chi connectivity index (χ2v) is 6.75. The average molecular weight is 318 g/mol. The van der Waals surface area contributed by atoms with Crippen LogP contribution in [0.2, 0.25) is 5.02 Å². The molecule has 0 spiro atoms. The van der Waals surface area contributed by atoms with Crippen LogP contribution in [0.5, 0.6) is 0 Å². The molecule has 2 aromatic carbocycles. The van der Waals surface area contributed by atoms with Gasteiger partial charge in [0.2, 0.25) is 5.91 Å². The number of thioether (sulfide) groups is 1. The molecule has 0 aromatic heterocycles. The summed E-state index contributed by atoms with van der Waals surface area (Å²) in [6, 6.07) is 13.9. The Hall–Kier alpha value is -1.45. The van der Waals surface area contributed by atoms with E-state index < -0.39 is 0 Å². The van der Waals surface area contributed by atoms with Crippen LogP contribution in [0.4, 0.5) is 5.69 Å². The molecular weight excluding hydrogens is 302 g/mol. The van der Waals surface area contributed by atoms with E-state index in [1.807, 2.05) is 35.2 Å². The maximum atomic E-state index is 12.3. The zero-order valence-electron chi connectivity index (χ0n) is 12.0. The summed E-state index contributed by atoms with van der Waals surface area (Å²) in [6.07, 6.45) is 0. The molecule has 0 unspecified atom stereocenters. The highest BCUT2D eigenvalue weighted by Crippen LogP contribution is 2.42. The third kappa shape index (κ3) is 2.81. The Balaban J connectivity index is 1.99. The fraction of sp³-hybridized carbons (Fsp3) is 0.235. The Bertz CT molecular complexity index is 684. The van der Waals surface area contributed by atoms with Crippen molar-refractivity contribution in [3.05, 3.63) is 64.2 Å². The Kier molecular flexibility index (Phi) is 3.96. The molecule has 21 heavy (non-hydrogen) atoms. The molecule has 1 saturated heterocycles. The van der Waals surface area contributed by atoms with E-state index in [9.17, 15) is 4.79 Å². The van der Waals surface area contributed by atoms with Crippen molar-refractivity contribution in [3.63, 3.8) is 0 Å². The van der Waals surface area contributed by atoms with E-state index in [-0.39, 0.29) is 11.3 Å². The topological polar surface area (TPSA) is 20.3 Å². The number of carbonyl (C=O) groups is 1. The summed E-state index contributed by atoms with van der Waals surface area (Å²) in [5.41, 5.74) is 4.51. The highest BCUT2D eigenvalue weighted by molar-refractivity contribution is 8.00. The zero-order chi connectivity index (χ0) is 15.0. The lowest BCUT2D eigenvalue weighted by Gasteiger charge is -2.25. The van der Waals surface area contributed by atoms with Gasteiger partial charge >= 0.3 is 0 Å². The highest BCUT2D eigenvalue weighted by Gasteiger charge is 2.34. The van der Waals surface area contributed by atoms with Gasteiger partial charge in [0.25, 0.3) is 0 Å². The van der Waals surface area contributed by atoms with Crippen LogP contribution in [0.25, 0.3) is 0 Å². The van der Waals surface area contributed by atoms with Gasteiger partial charge in [0.05, 0.1) is 5.75 Å². The summed E-state index contributed by atoms with van der Waals surface area (Å²) in [4.78, 5) is 14.2. The molecule has 0 saturated carbocycles. The predicted molar refractivity (Wildman–Crippen MR) is 90.1 cm³/mol. The smallest absolute Gasteiger partial charge is 0.238 e. The summed E-state index contributed by atoms with van der Waals surface area (Å²) in [7, 11) is 0. The van der Waals surface area contributed by atoms with Crippen molar-refractivity contribution in [1.29, 1.82) is 0 Å². The lowest BCUT2D eigenvalue weighted by Crippen LogP contribution is -2.27. The molecule has 1 aliphatic rings. The van der Waals surface area contributed by atoms with Crippen molar-refractivity contribution >= 4 is 35.0 Å². The third-order valence-corrected chi connectivity index (χ3v) is 5.26. The van der Waals surface area contributed by atoms with Gasteiger partial charge in [-0.05, 0) is 54.8 Å². The van der Waals surface area contributed by atoms with Gasteiger partial charge in [-0.15, -0.1) is 11.8 Å². The second-order valence-electron chi connectivity index (χ2n) is 5.25. The maximum absolute atomic E-state index is 12.3. The van der Waals surface area contributed by atoms with Crippen molar-refractivity contribution in [2.75, 3.05) is 10.7 Å².